The second kappa shape index (κ2) is 7.36. The quantitative estimate of drug-likeness (QED) is 0.507. The molecule has 0 saturated carbocycles. The molecule has 0 radical (unpaired) electrons. The molecule has 0 fully saturated rings. The van der Waals surface area contributed by atoms with Crippen molar-refractivity contribution in [1.29, 1.82) is 0 Å². The first-order valence-electron chi connectivity index (χ1n) is 7.96. The molecule has 3 rings (SSSR count). The average molecular weight is 306 g/mol. The Balaban J connectivity index is 1.75. The maximum atomic E-state index is 3.20. The standard InChI is InChI=1S/C24H18/c1-19-5-3-7-23(17-19)15-13-21-9-11-22(12-10-21)14-16-24-8-4-6-20(2)18-24/h3-12,17-18H,1-2H3. The minimum atomic E-state index is 0.998. The predicted octanol–water partition coefficient (Wildman–Crippen LogP) is 5.10. The van der Waals surface area contributed by atoms with E-state index in [4.69, 9.17) is 0 Å². The van der Waals surface area contributed by atoms with Crippen molar-refractivity contribution >= 4 is 0 Å². The summed E-state index contributed by atoms with van der Waals surface area (Å²) in [5.74, 6) is 12.8. The van der Waals surface area contributed by atoms with Crippen LogP contribution in [-0.2, 0) is 0 Å². The van der Waals surface area contributed by atoms with Crippen LogP contribution in [0.2, 0.25) is 0 Å². The molecule has 0 aliphatic rings. The number of benzene rings is 3. The first kappa shape index (κ1) is 15.7. The van der Waals surface area contributed by atoms with Gasteiger partial charge in [-0.2, -0.15) is 0 Å². The number of hydrogen-bond donors (Lipinski definition) is 0. The Morgan fingerprint density at radius 3 is 1.21 bits per heavy atom. The summed E-state index contributed by atoms with van der Waals surface area (Å²) in [6, 6.07) is 24.5. The molecule has 0 amide bonds. The van der Waals surface area contributed by atoms with Gasteiger partial charge >= 0.3 is 0 Å². The number of rotatable bonds is 0. The predicted molar refractivity (Wildman–Crippen MR) is 101 cm³/mol. The second-order valence-corrected chi connectivity index (χ2v) is 5.82. The van der Waals surface area contributed by atoms with E-state index in [0.717, 1.165) is 22.3 Å². The van der Waals surface area contributed by atoms with E-state index in [0.29, 0.717) is 0 Å². The van der Waals surface area contributed by atoms with Crippen LogP contribution in [0, 0.1) is 37.5 Å². The smallest absolute Gasteiger partial charge is 0.0251 e. The van der Waals surface area contributed by atoms with Gasteiger partial charge in [-0.05, 0) is 73.5 Å². The van der Waals surface area contributed by atoms with Crippen molar-refractivity contribution in [2.24, 2.45) is 0 Å². The van der Waals surface area contributed by atoms with Crippen LogP contribution >= 0.6 is 0 Å². The third kappa shape index (κ3) is 4.39. The van der Waals surface area contributed by atoms with E-state index >= 15 is 0 Å². The molecule has 0 spiro atoms. The zero-order valence-electron chi connectivity index (χ0n) is 13.9. The molecule has 24 heavy (non-hydrogen) atoms. The van der Waals surface area contributed by atoms with Crippen LogP contribution < -0.4 is 0 Å². The van der Waals surface area contributed by atoms with E-state index < -0.39 is 0 Å². The lowest BCUT2D eigenvalue weighted by Crippen LogP contribution is -1.80. The fourth-order valence-corrected chi connectivity index (χ4v) is 2.37. The molecule has 0 aliphatic carbocycles. The van der Waals surface area contributed by atoms with Gasteiger partial charge in [-0.25, -0.2) is 0 Å². The van der Waals surface area contributed by atoms with Crippen LogP contribution in [-0.4, -0.2) is 0 Å². The van der Waals surface area contributed by atoms with Gasteiger partial charge in [0.15, 0.2) is 0 Å². The Bertz CT molecular complexity index is 886. The molecule has 0 heterocycles. The van der Waals surface area contributed by atoms with Gasteiger partial charge in [0.25, 0.3) is 0 Å². The van der Waals surface area contributed by atoms with E-state index in [1.807, 2.05) is 48.5 Å². The van der Waals surface area contributed by atoms with Gasteiger partial charge in [-0.3, -0.25) is 0 Å². The van der Waals surface area contributed by atoms with Crippen LogP contribution in [0.3, 0.4) is 0 Å². The third-order valence-corrected chi connectivity index (χ3v) is 3.62. The van der Waals surface area contributed by atoms with E-state index in [2.05, 4.69) is 61.8 Å². The summed E-state index contributed by atoms with van der Waals surface area (Å²) in [7, 11) is 0. The second-order valence-electron chi connectivity index (χ2n) is 5.82. The number of hydrogen-bond acceptors (Lipinski definition) is 0. The molecule has 0 aromatic heterocycles. The Morgan fingerprint density at radius 2 is 0.833 bits per heavy atom. The summed E-state index contributed by atoms with van der Waals surface area (Å²) in [4.78, 5) is 0. The van der Waals surface area contributed by atoms with Gasteiger partial charge in [0.2, 0.25) is 0 Å². The van der Waals surface area contributed by atoms with E-state index in [1.165, 1.54) is 11.1 Å². The highest BCUT2D eigenvalue weighted by Crippen LogP contribution is 2.06. The van der Waals surface area contributed by atoms with Crippen LogP contribution in [0.15, 0.2) is 72.8 Å². The Hall–Kier alpha value is -3.22. The van der Waals surface area contributed by atoms with Gasteiger partial charge < -0.3 is 0 Å². The first-order chi connectivity index (χ1) is 11.7. The SMILES string of the molecule is Cc1cccc(C#Cc2ccc(C#Cc3cccc(C)c3)cc2)c1. The van der Waals surface area contributed by atoms with Crippen molar-refractivity contribution in [2.45, 2.75) is 13.8 Å². The summed E-state index contributed by atoms with van der Waals surface area (Å²) >= 11 is 0. The molecule has 0 nitrogen and oxygen atoms in total. The summed E-state index contributed by atoms with van der Waals surface area (Å²) in [6.45, 7) is 4.15. The molecule has 0 saturated heterocycles. The highest BCUT2D eigenvalue weighted by molar-refractivity contribution is 5.48. The van der Waals surface area contributed by atoms with Gasteiger partial charge in [-0.15, -0.1) is 0 Å². The molecule has 3 aromatic carbocycles. The van der Waals surface area contributed by atoms with Crippen molar-refractivity contribution in [1.82, 2.24) is 0 Å². The third-order valence-electron chi connectivity index (χ3n) is 3.62. The monoisotopic (exact) mass is 306 g/mol. The van der Waals surface area contributed by atoms with Crippen molar-refractivity contribution in [2.75, 3.05) is 0 Å². The van der Waals surface area contributed by atoms with Crippen LogP contribution in [0.5, 0.6) is 0 Å². The zero-order chi connectivity index (χ0) is 16.8. The van der Waals surface area contributed by atoms with Gasteiger partial charge in [0, 0.05) is 22.3 Å². The lowest BCUT2D eigenvalue weighted by Gasteiger charge is -1.94. The molecule has 0 aliphatic heterocycles. The van der Waals surface area contributed by atoms with Crippen LogP contribution in [0.4, 0.5) is 0 Å². The fraction of sp³-hybridized carbons (Fsp3) is 0.0833. The Labute approximate surface area is 144 Å². The maximum Gasteiger partial charge on any atom is 0.0251 e. The minimum absolute atomic E-state index is 0.998. The number of aryl methyl sites for hydroxylation is 2. The summed E-state index contributed by atoms with van der Waals surface area (Å²) < 4.78 is 0. The Kier molecular flexibility index (Phi) is 4.81. The van der Waals surface area contributed by atoms with Gasteiger partial charge in [0.1, 0.15) is 0 Å². The highest BCUT2D eigenvalue weighted by atomic mass is 13.9. The normalized spacial score (nSPS) is 9.42. The molecular formula is C24H18. The maximum absolute atomic E-state index is 3.20. The van der Waals surface area contributed by atoms with Crippen LogP contribution in [0.1, 0.15) is 33.4 Å². The van der Waals surface area contributed by atoms with Crippen molar-refractivity contribution in [3.63, 3.8) is 0 Å². The molecule has 0 unspecified atom stereocenters. The summed E-state index contributed by atoms with van der Waals surface area (Å²) in [6.07, 6.45) is 0. The molecule has 0 heteroatoms. The van der Waals surface area contributed by atoms with Crippen LogP contribution in [0.25, 0.3) is 0 Å². The van der Waals surface area contributed by atoms with E-state index in [1.54, 1.807) is 0 Å². The molecule has 0 N–H and O–H groups in total. The minimum Gasteiger partial charge on any atom is -0.0617 e. The van der Waals surface area contributed by atoms with Crippen molar-refractivity contribution in [3.05, 3.63) is 106 Å². The summed E-state index contributed by atoms with van der Waals surface area (Å²) in [5.41, 5.74) is 6.53. The molecule has 114 valence electrons. The van der Waals surface area contributed by atoms with E-state index in [-0.39, 0.29) is 0 Å². The highest BCUT2D eigenvalue weighted by Gasteiger charge is 1.91. The zero-order valence-corrected chi connectivity index (χ0v) is 13.9. The lowest BCUT2D eigenvalue weighted by molar-refractivity contribution is 1.45. The van der Waals surface area contributed by atoms with Crippen molar-refractivity contribution < 1.29 is 0 Å². The first-order valence-corrected chi connectivity index (χ1v) is 7.96. The molecule has 0 atom stereocenters. The van der Waals surface area contributed by atoms with Gasteiger partial charge in [-0.1, -0.05) is 47.9 Å². The topological polar surface area (TPSA) is 0 Å². The molecule has 3 aromatic rings. The lowest BCUT2D eigenvalue weighted by atomic mass is 10.1. The molecule has 0 bridgehead atoms. The summed E-state index contributed by atoms with van der Waals surface area (Å²) in [5, 5.41) is 0. The largest absolute Gasteiger partial charge is 0.0617 e. The Morgan fingerprint density at radius 1 is 0.458 bits per heavy atom. The van der Waals surface area contributed by atoms with E-state index in [9.17, 15) is 0 Å². The van der Waals surface area contributed by atoms with Crippen molar-refractivity contribution in [3.8, 4) is 23.7 Å². The molecular weight excluding hydrogens is 288 g/mol. The van der Waals surface area contributed by atoms with Gasteiger partial charge in [0.05, 0.1) is 0 Å². The average Bonchev–Trinajstić information content (AvgIpc) is 2.59. The fourth-order valence-electron chi connectivity index (χ4n) is 2.37.